The molecule has 0 aliphatic rings. The van der Waals surface area contributed by atoms with Gasteiger partial charge in [0.05, 0.1) is 5.75 Å². The molecule has 0 saturated heterocycles. The van der Waals surface area contributed by atoms with Crippen LogP contribution in [0.4, 0.5) is 5.69 Å². The molecule has 1 N–H and O–H groups in total. The van der Waals surface area contributed by atoms with E-state index in [0.29, 0.717) is 16.9 Å². The molecular weight excluding hydrogens is 432 g/mol. The van der Waals surface area contributed by atoms with Crippen LogP contribution in [-0.4, -0.2) is 26.4 Å². The Kier molecular flexibility index (Phi) is 7.62. The van der Waals surface area contributed by atoms with Crippen molar-refractivity contribution in [3.8, 4) is 5.75 Å². The molecule has 164 valence electrons. The van der Waals surface area contributed by atoms with E-state index in [-0.39, 0.29) is 18.3 Å². The average molecular weight is 459 g/mol. The summed E-state index contributed by atoms with van der Waals surface area (Å²) in [6.07, 6.45) is 0. The summed E-state index contributed by atoms with van der Waals surface area (Å²) in [5.74, 6) is 2.03. The van der Waals surface area contributed by atoms with Gasteiger partial charge >= 0.3 is 0 Å². The molecule has 0 radical (unpaired) electrons. The molecule has 0 aliphatic carbocycles. The molecule has 6 nitrogen and oxygen atoms in total. The van der Waals surface area contributed by atoms with Crippen molar-refractivity contribution < 1.29 is 9.53 Å². The minimum Gasteiger partial charge on any atom is -0.486 e. The van der Waals surface area contributed by atoms with Gasteiger partial charge in [0.2, 0.25) is 5.91 Å². The van der Waals surface area contributed by atoms with Gasteiger partial charge in [-0.05, 0) is 60.7 Å². The molecule has 31 heavy (non-hydrogen) atoms. The normalized spacial score (nSPS) is 11.1. The number of aromatic nitrogens is 3. The third-order valence-electron chi connectivity index (χ3n) is 4.90. The Morgan fingerprint density at radius 1 is 1.16 bits per heavy atom. The van der Waals surface area contributed by atoms with Crippen LogP contribution in [0.2, 0.25) is 5.02 Å². The van der Waals surface area contributed by atoms with E-state index in [1.165, 1.54) is 17.3 Å². The molecule has 3 rings (SSSR count). The number of amides is 1. The summed E-state index contributed by atoms with van der Waals surface area (Å²) in [6.45, 7) is 8.45. The second-order valence-corrected chi connectivity index (χ2v) is 9.05. The second kappa shape index (κ2) is 10.2. The molecule has 0 unspecified atom stereocenters. The van der Waals surface area contributed by atoms with Crippen LogP contribution in [0.15, 0.2) is 41.6 Å². The molecule has 1 aromatic heterocycles. The van der Waals surface area contributed by atoms with Gasteiger partial charge in [-0.15, -0.1) is 10.2 Å². The summed E-state index contributed by atoms with van der Waals surface area (Å²) in [5, 5.41) is 12.7. The van der Waals surface area contributed by atoms with Crippen molar-refractivity contribution in [1.29, 1.82) is 0 Å². The fraction of sp³-hybridized carbons (Fsp3) is 0.348. The molecule has 2 aromatic carbocycles. The lowest BCUT2D eigenvalue weighted by Gasteiger charge is -2.10. The van der Waals surface area contributed by atoms with Gasteiger partial charge in [0.15, 0.2) is 11.0 Å². The predicted octanol–water partition coefficient (Wildman–Crippen LogP) is 5.52. The Morgan fingerprint density at radius 3 is 2.42 bits per heavy atom. The molecular formula is C23H27ClN4O2S. The van der Waals surface area contributed by atoms with E-state index in [0.717, 1.165) is 27.6 Å². The molecule has 0 atom stereocenters. The molecule has 0 aliphatic heterocycles. The number of hydrogen-bond acceptors (Lipinski definition) is 5. The van der Waals surface area contributed by atoms with Crippen LogP contribution < -0.4 is 10.1 Å². The maximum atomic E-state index is 12.3. The van der Waals surface area contributed by atoms with E-state index in [4.69, 9.17) is 16.3 Å². The topological polar surface area (TPSA) is 69.0 Å². The summed E-state index contributed by atoms with van der Waals surface area (Å²) in [4.78, 5) is 12.3. The number of nitrogens with one attached hydrogen (secondary N) is 1. The standard InChI is InChI=1S/C23H27ClN4O2S/c1-14(2)17-6-8-18(9-7-17)25-21(29)13-31-23-27-26-20(28(23)5)12-30-19-10-15(3)22(24)16(4)11-19/h6-11,14H,12-13H2,1-5H3,(H,25,29). The molecule has 0 fully saturated rings. The van der Waals surface area contributed by atoms with E-state index in [1.807, 2.05) is 61.9 Å². The van der Waals surface area contributed by atoms with Crippen LogP contribution in [0.1, 0.15) is 42.3 Å². The molecule has 8 heteroatoms. The zero-order valence-corrected chi connectivity index (χ0v) is 20.0. The monoisotopic (exact) mass is 458 g/mol. The minimum atomic E-state index is -0.0878. The van der Waals surface area contributed by atoms with Crippen molar-refractivity contribution in [3.05, 3.63) is 63.9 Å². The molecule has 1 amide bonds. The van der Waals surface area contributed by atoms with Crippen molar-refractivity contribution in [3.63, 3.8) is 0 Å². The Morgan fingerprint density at radius 2 is 1.81 bits per heavy atom. The number of nitrogens with zero attached hydrogens (tertiary/aromatic N) is 3. The zero-order chi connectivity index (χ0) is 22.5. The van der Waals surface area contributed by atoms with E-state index in [1.54, 1.807) is 0 Å². The van der Waals surface area contributed by atoms with Gasteiger partial charge < -0.3 is 14.6 Å². The molecule has 0 spiro atoms. The van der Waals surface area contributed by atoms with Crippen LogP contribution in [0.25, 0.3) is 0 Å². The summed E-state index contributed by atoms with van der Waals surface area (Å²) in [5.41, 5.74) is 3.97. The smallest absolute Gasteiger partial charge is 0.234 e. The van der Waals surface area contributed by atoms with Crippen molar-refractivity contribution in [1.82, 2.24) is 14.8 Å². The number of aryl methyl sites for hydroxylation is 2. The zero-order valence-electron chi connectivity index (χ0n) is 18.4. The van der Waals surface area contributed by atoms with Crippen LogP contribution in [0, 0.1) is 13.8 Å². The first kappa shape index (κ1) is 23.2. The number of ether oxygens (including phenoxy) is 1. The highest BCUT2D eigenvalue weighted by atomic mass is 35.5. The van der Waals surface area contributed by atoms with Gasteiger partial charge in [-0.2, -0.15) is 0 Å². The Bertz CT molecular complexity index is 1040. The molecule has 3 aromatic rings. The van der Waals surface area contributed by atoms with E-state index >= 15 is 0 Å². The van der Waals surface area contributed by atoms with Crippen LogP contribution in [0.5, 0.6) is 5.75 Å². The van der Waals surface area contributed by atoms with Gasteiger partial charge in [-0.1, -0.05) is 49.3 Å². The van der Waals surface area contributed by atoms with Crippen molar-refractivity contribution in [2.45, 2.75) is 45.4 Å². The lowest BCUT2D eigenvalue weighted by molar-refractivity contribution is -0.113. The van der Waals surface area contributed by atoms with E-state index in [9.17, 15) is 4.79 Å². The minimum absolute atomic E-state index is 0.0878. The summed E-state index contributed by atoms with van der Waals surface area (Å²) >= 11 is 7.54. The van der Waals surface area contributed by atoms with Crippen molar-refractivity contribution in [2.24, 2.45) is 7.05 Å². The number of halogens is 1. The highest BCUT2D eigenvalue weighted by Crippen LogP contribution is 2.26. The highest BCUT2D eigenvalue weighted by molar-refractivity contribution is 7.99. The SMILES string of the molecule is Cc1cc(OCc2nnc(SCC(=O)Nc3ccc(C(C)C)cc3)n2C)cc(C)c1Cl. The van der Waals surface area contributed by atoms with Gasteiger partial charge in [0, 0.05) is 17.8 Å². The Hall–Kier alpha value is -2.51. The lowest BCUT2D eigenvalue weighted by atomic mass is 10.0. The van der Waals surface area contributed by atoms with Crippen LogP contribution in [0.3, 0.4) is 0 Å². The molecule has 0 bridgehead atoms. The molecule has 1 heterocycles. The summed E-state index contributed by atoms with van der Waals surface area (Å²) in [6, 6.07) is 11.7. The van der Waals surface area contributed by atoms with Crippen molar-refractivity contribution in [2.75, 3.05) is 11.1 Å². The van der Waals surface area contributed by atoms with Crippen LogP contribution in [-0.2, 0) is 18.4 Å². The number of carbonyl (C=O) groups is 1. The number of rotatable bonds is 8. The predicted molar refractivity (Wildman–Crippen MR) is 126 cm³/mol. The number of anilines is 1. The average Bonchev–Trinajstić information content (AvgIpc) is 3.08. The van der Waals surface area contributed by atoms with Crippen LogP contribution >= 0.6 is 23.4 Å². The van der Waals surface area contributed by atoms with Gasteiger partial charge in [-0.3, -0.25) is 4.79 Å². The Balaban J connectivity index is 1.53. The largest absolute Gasteiger partial charge is 0.486 e. The van der Waals surface area contributed by atoms with Gasteiger partial charge in [0.1, 0.15) is 12.4 Å². The number of carbonyl (C=O) groups excluding carboxylic acids is 1. The Labute approximate surface area is 192 Å². The summed E-state index contributed by atoms with van der Waals surface area (Å²) in [7, 11) is 1.86. The first-order chi connectivity index (χ1) is 14.7. The maximum Gasteiger partial charge on any atom is 0.234 e. The third kappa shape index (κ3) is 6.02. The molecule has 0 saturated carbocycles. The highest BCUT2D eigenvalue weighted by Gasteiger charge is 2.13. The number of hydrogen-bond donors (Lipinski definition) is 1. The van der Waals surface area contributed by atoms with E-state index < -0.39 is 0 Å². The van der Waals surface area contributed by atoms with Gasteiger partial charge in [0.25, 0.3) is 0 Å². The first-order valence-electron chi connectivity index (χ1n) is 10.0. The van der Waals surface area contributed by atoms with E-state index in [2.05, 4.69) is 29.4 Å². The number of thioether (sulfide) groups is 1. The first-order valence-corrected chi connectivity index (χ1v) is 11.4. The maximum absolute atomic E-state index is 12.3. The van der Waals surface area contributed by atoms with Crippen molar-refractivity contribution >= 4 is 35.0 Å². The third-order valence-corrected chi connectivity index (χ3v) is 6.51. The van der Waals surface area contributed by atoms with Gasteiger partial charge in [-0.25, -0.2) is 0 Å². The number of benzene rings is 2. The quantitative estimate of drug-likeness (QED) is 0.450. The lowest BCUT2D eigenvalue weighted by Crippen LogP contribution is -2.14. The fourth-order valence-electron chi connectivity index (χ4n) is 3.01. The summed E-state index contributed by atoms with van der Waals surface area (Å²) < 4.78 is 7.70. The second-order valence-electron chi connectivity index (χ2n) is 7.73. The fourth-order valence-corrected chi connectivity index (χ4v) is 3.85.